The molecular weight excluding hydrogens is 222 g/mol. The summed E-state index contributed by atoms with van der Waals surface area (Å²) in [4.78, 5) is 0.453. The number of rotatable bonds is 4. The minimum atomic E-state index is -3.18. The monoisotopic (exact) mass is 239 g/mol. The van der Waals surface area contributed by atoms with Crippen molar-refractivity contribution >= 4 is 9.84 Å². The average Bonchev–Trinajstić information content (AvgIpc) is 2.98. The lowest BCUT2D eigenvalue weighted by molar-refractivity contribution is 0.547. The van der Waals surface area contributed by atoms with E-state index in [0.717, 1.165) is 18.4 Å². The molecule has 1 aliphatic rings. The van der Waals surface area contributed by atoms with E-state index in [1.165, 1.54) is 0 Å². The molecule has 16 heavy (non-hydrogen) atoms. The van der Waals surface area contributed by atoms with Gasteiger partial charge in [-0.3, -0.25) is 0 Å². The van der Waals surface area contributed by atoms with Crippen LogP contribution in [0.15, 0.2) is 29.2 Å². The fourth-order valence-electron chi connectivity index (χ4n) is 1.97. The molecule has 0 amide bonds. The molecule has 0 saturated heterocycles. The number of hydrogen-bond acceptors (Lipinski definition) is 3. The van der Waals surface area contributed by atoms with Crippen LogP contribution in [0.5, 0.6) is 0 Å². The normalized spacial score (nSPS) is 18.4. The average molecular weight is 239 g/mol. The smallest absolute Gasteiger partial charge is 0.179 e. The largest absolute Gasteiger partial charge is 0.330 e. The molecule has 4 heteroatoms. The topological polar surface area (TPSA) is 60.2 Å². The van der Waals surface area contributed by atoms with Crippen molar-refractivity contribution in [3.63, 3.8) is 0 Å². The Bertz CT molecular complexity index is 489. The van der Waals surface area contributed by atoms with Gasteiger partial charge in [0.25, 0.3) is 0 Å². The third-order valence-electron chi connectivity index (χ3n) is 3.31. The first-order valence-electron chi connectivity index (χ1n) is 5.48. The number of aryl methyl sites for hydroxylation is 1. The second-order valence-electron chi connectivity index (χ2n) is 4.73. The Labute approximate surface area is 96.6 Å². The number of hydrogen-bond donors (Lipinski definition) is 1. The van der Waals surface area contributed by atoms with Crippen molar-refractivity contribution in [1.82, 2.24) is 0 Å². The summed E-state index contributed by atoms with van der Waals surface area (Å²) in [5.41, 5.74) is 6.30. The number of sulfone groups is 1. The highest BCUT2D eigenvalue weighted by atomic mass is 32.2. The highest BCUT2D eigenvalue weighted by Crippen LogP contribution is 2.46. The van der Waals surface area contributed by atoms with Gasteiger partial charge >= 0.3 is 0 Å². The van der Waals surface area contributed by atoms with Crippen LogP contribution in [-0.2, 0) is 9.84 Å². The first-order valence-corrected chi connectivity index (χ1v) is 7.13. The van der Waals surface area contributed by atoms with E-state index in [1.807, 2.05) is 19.1 Å². The molecule has 0 aliphatic heterocycles. The lowest BCUT2D eigenvalue weighted by Gasteiger charge is -2.13. The maximum absolute atomic E-state index is 12.2. The first-order chi connectivity index (χ1) is 7.49. The molecule has 0 unspecified atom stereocenters. The van der Waals surface area contributed by atoms with Gasteiger partial charge in [-0.15, -0.1) is 0 Å². The van der Waals surface area contributed by atoms with E-state index in [2.05, 4.69) is 0 Å². The Hall–Kier alpha value is -0.870. The maximum atomic E-state index is 12.2. The van der Waals surface area contributed by atoms with Crippen LogP contribution in [0.2, 0.25) is 0 Å². The molecule has 1 aromatic rings. The summed E-state index contributed by atoms with van der Waals surface area (Å²) in [5, 5.41) is 0. The van der Waals surface area contributed by atoms with Gasteiger partial charge in [-0.05, 0) is 43.4 Å². The van der Waals surface area contributed by atoms with Crippen molar-refractivity contribution in [3.05, 3.63) is 29.8 Å². The molecular formula is C12H17NO2S. The summed E-state index contributed by atoms with van der Waals surface area (Å²) >= 11 is 0. The number of benzene rings is 1. The highest BCUT2D eigenvalue weighted by molar-refractivity contribution is 7.91. The Morgan fingerprint density at radius 1 is 1.31 bits per heavy atom. The molecule has 0 spiro atoms. The molecule has 0 bridgehead atoms. The third-order valence-corrected chi connectivity index (χ3v) is 5.44. The second-order valence-corrected chi connectivity index (χ2v) is 6.69. The molecule has 3 nitrogen and oxygen atoms in total. The van der Waals surface area contributed by atoms with E-state index in [0.29, 0.717) is 11.4 Å². The van der Waals surface area contributed by atoms with Gasteiger partial charge in [-0.2, -0.15) is 0 Å². The lowest BCUT2D eigenvalue weighted by atomic mass is 10.1. The van der Waals surface area contributed by atoms with Crippen molar-refractivity contribution in [2.75, 3.05) is 12.3 Å². The summed E-state index contributed by atoms with van der Waals surface area (Å²) in [6.45, 7) is 2.30. The Kier molecular flexibility index (Phi) is 2.80. The molecule has 0 heterocycles. The van der Waals surface area contributed by atoms with Gasteiger partial charge in [0.15, 0.2) is 9.84 Å². The Morgan fingerprint density at radius 3 is 2.44 bits per heavy atom. The molecule has 1 aliphatic carbocycles. The van der Waals surface area contributed by atoms with Crippen LogP contribution in [0.3, 0.4) is 0 Å². The molecule has 1 saturated carbocycles. The molecule has 0 aromatic heterocycles. The second kappa shape index (κ2) is 3.86. The van der Waals surface area contributed by atoms with E-state index in [4.69, 9.17) is 5.73 Å². The summed E-state index contributed by atoms with van der Waals surface area (Å²) in [5.74, 6) is 0.196. The zero-order valence-corrected chi connectivity index (χ0v) is 10.3. The van der Waals surface area contributed by atoms with E-state index in [-0.39, 0.29) is 11.2 Å². The zero-order valence-electron chi connectivity index (χ0n) is 9.44. The summed E-state index contributed by atoms with van der Waals surface area (Å²) < 4.78 is 24.4. The van der Waals surface area contributed by atoms with Gasteiger partial charge < -0.3 is 5.73 Å². The first kappa shape index (κ1) is 11.6. The fourth-order valence-corrected chi connectivity index (χ4v) is 4.18. The predicted octanol–water partition coefficient (Wildman–Crippen LogP) is 1.51. The van der Waals surface area contributed by atoms with Crippen molar-refractivity contribution in [3.8, 4) is 0 Å². The lowest BCUT2D eigenvalue weighted by Crippen LogP contribution is -2.25. The SMILES string of the molecule is Cc1ccccc1S(=O)(=O)CC1(CN)CC1. The molecule has 0 radical (unpaired) electrons. The fraction of sp³-hybridized carbons (Fsp3) is 0.500. The third kappa shape index (κ3) is 2.13. The molecule has 1 fully saturated rings. The molecule has 2 N–H and O–H groups in total. The molecule has 2 rings (SSSR count). The van der Waals surface area contributed by atoms with Crippen LogP contribution in [0.1, 0.15) is 18.4 Å². The van der Waals surface area contributed by atoms with Crippen LogP contribution in [0.25, 0.3) is 0 Å². The van der Waals surface area contributed by atoms with Gasteiger partial charge in [-0.25, -0.2) is 8.42 Å². The van der Waals surface area contributed by atoms with Gasteiger partial charge in [0, 0.05) is 0 Å². The molecule has 1 aromatic carbocycles. The van der Waals surface area contributed by atoms with E-state index >= 15 is 0 Å². The standard InChI is InChI=1S/C12H17NO2S/c1-10-4-2-3-5-11(10)16(14,15)9-12(8-13)6-7-12/h2-5H,6-9,13H2,1H3. The maximum Gasteiger partial charge on any atom is 0.179 e. The van der Waals surface area contributed by atoms with E-state index < -0.39 is 9.84 Å². The van der Waals surface area contributed by atoms with Crippen molar-refractivity contribution in [2.45, 2.75) is 24.7 Å². The van der Waals surface area contributed by atoms with Crippen LogP contribution >= 0.6 is 0 Å². The molecule has 0 atom stereocenters. The van der Waals surface area contributed by atoms with E-state index in [1.54, 1.807) is 12.1 Å². The minimum Gasteiger partial charge on any atom is -0.330 e. The van der Waals surface area contributed by atoms with Crippen LogP contribution in [-0.4, -0.2) is 20.7 Å². The Morgan fingerprint density at radius 2 is 1.94 bits per heavy atom. The predicted molar refractivity (Wildman–Crippen MR) is 64.0 cm³/mol. The van der Waals surface area contributed by atoms with Gasteiger partial charge in [0.05, 0.1) is 10.6 Å². The Balaban J connectivity index is 2.30. The van der Waals surface area contributed by atoms with Gasteiger partial charge in [0.1, 0.15) is 0 Å². The van der Waals surface area contributed by atoms with Crippen LogP contribution in [0.4, 0.5) is 0 Å². The van der Waals surface area contributed by atoms with Crippen molar-refractivity contribution < 1.29 is 8.42 Å². The highest BCUT2D eigenvalue weighted by Gasteiger charge is 2.45. The summed E-state index contributed by atoms with van der Waals surface area (Å²) in [7, 11) is -3.18. The summed E-state index contributed by atoms with van der Waals surface area (Å²) in [6, 6.07) is 7.12. The summed E-state index contributed by atoms with van der Waals surface area (Å²) in [6.07, 6.45) is 1.88. The van der Waals surface area contributed by atoms with Crippen molar-refractivity contribution in [1.29, 1.82) is 0 Å². The molecule has 88 valence electrons. The van der Waals surface area contributed by atoms with Gasteiger partial charge in [0.2, 0.25) is 0 Å². The zero-order chi connectivity index (χ0) is 11.8. The minimum absolute atomic E-state index is 0.138. The quantitative estimate of drug-likeness (QED) is 0.866. The number of nitrogens with two attached hydrogens (primary N) is 1. The van der Waals surface area contributed by atoms with Gasteiger partial charge in [-0.1, -0.05) is 18.2 Å². The van der Waals surface area contributed by atoms with Crippen LogP contribution < -0.4 is 5.73 Å². The van der Waals surface area contributed by atoms with Crippen molar-refractivity contribution in [2.24, 2.45) is 11.1 Å². The van der Waals surface area contributed by atoms with Crippen LogP contribution in [0, 0.1) is 12.3 Å². The van der Waals surface area contributed by atoms with E-state index in [9.17, 15) is 8.42 Å².